The van der Waals surface area contributed by atoms with E-state index in [-0.39, 0.29) is 0 Å². The lowest BCUT2D eigenvalue weighted by Gasteiger charge is -2.11. The smallest absolute Gasteiger partial charge is 0.417 e. The van der Waals surface area contributed by atoms with Crippen molar-refractivity contribution >= 4 is 27.6 Å². The molecule has 0 spiro atoms. The van der Waals surface area contributed by atoms with Gasteiger partial charge in [0.1, 0.15) is 0 Å². The molecule has 0 radical (unpaired) electrons. The van der Waals surface area contributed by atoms with Crippen molar-refractivity contribution in [3.63, 3.8) is 0 Å². The molecule has 1 aromatic rings. The van der Waals surface area contributed by atoms with Gasteiger partial charge < -0.3 is 5.11 Å². The predicted octanol–water partition coefficient (Wildman–Crippen LogP) is 1.65. The molecule has 112 valence electrons. The molecule has 0 heterocycles. The zero-order chi connectivity index (χ0) is 15.6. The first-order valence-electron chi connectivity index (χ1n) is 4.76. The van der Waals surface area contributed by atoms with E-state index in [1.165, 1.54) is 4.89 Å². The number of carbonyl (C=O) groups is 1. The average Bonchev–Trinajstić information content (AvgIpc) is 2.26. The number of benzene rings is 1. The first-order valence-corrected chi connectivity index (χ1v) is 6.62. The van der Waals surface area contributed by atoms with Crippen LogP contribution >= 0.6 is 11.6 Å². The van der Waals surface area contributed by atoms with Gasteiger partial charge in [0.05, 0.1) is 15.5 Å². The third-order valence-electron chi connectivity index (χ3n) is 1.92. The minimum atomic E-state index is -4.83. The lowest BCUT2D eigenvalue weighted by Crippen LogP contribution is -2.27. The predicted molar refractivity (Wildman–Crippen MR) is 60.4 cm³/mol. The summed E-state index contributed by atoms with van der Waals surface area (Å²) in [5.74, 6) is -1.46. The van der Waals surface area contributed by atoms with Crippen LogP contribution in [0, 0.1) is 0 Å². The van der Waals surface area contributed by atoms with Crippen molar-refractivity contribution in [2.75, 3.05) is 6.61 Å². The Morgan fingerprint density at radius 2 is 2.00 bits per heavy atom. The number of sulfonamides is 1. The van der Waals surface area contributed by atoms with Crippen molar-refractivity contribution in [1.29, 1.82) is 0 Å². The topological polar surface area (TPSA) is 92.7 Å². The molecule has 0 aromatic heterocycles. The van der Waals surface area contributed by atoms with E-state index in [2.05, 4.69) is 4.84 Å². The van der Waals surface area contributed by atoms with Gasteiger partial charge in [0.2, 0.25) is 0 Å². The molecule has 20 heavy (non-hydrogen) atoms. The van der Waals surface area contributed by atoms with E-state index < -0.39 is 44.3 Å². The second-order valence-electron chi connectivity index (χ2n) is 3.41. The molecule has 1 aromatic carbocycles. The number of hydrogen-bond acceptors (Lipinski definition) is 4. The maximum atomic E-state index is 12.6. The number of rotatable bonds is 5. The van der Waals surface area contributed by atoms with E-state index >= 15 is 0 Å². The molecule has 2 N–H and O–H groups in total. The highest BCUT2D eigenvalue weighted by molar-refractivity contribution is 7.89. The van der Waals surface area contributed by atoms with Crippen LogP contribution in [-0.2, 0) is 25.8 Å². The Bertz CT molecular complexity index is 616. The molecule has 0 aliphatic carbocycles. The van der Waals surface area contributed by atoms with Crippen molar-refractivity contribution in [2.45, 2.75) is 11.1 Å². The van der Waals surface area contributed by atoms with Gasteiger partial charge in [0.15, 0.2) is 6.61 Å². The number of carboxylic acid groups (broad SMARTS) is 1. The second-order valence-corrected chi connectivity index (χ2v) is 5.46. The normalized spacial score (nSPS) is 12.4. The van der Waals surface area contributed by atoms with Gasteiger partial charge >= 0.3 is 12.1 Å². The molecule has 0 atom stereocenters. The van der Waals surface area contributed by atoms with Crippen molar-refractivity contribution in [3.8, 4) is 0 Å². The second kappa shape index (κ2) is 5.95. The van der Waals surface area contributed by atoms with Crippen LogP contribution in [0.1, 0.15) is 5.56 Å². The van der Waals surface area contributed by atoms with Crippen LogP contribution in [0.15, 0.2) is 23.1 Å². The van der Waals surface area contributed by atoms with Crippen LogP contribution in [0.3, 0.4) is 0 Å². The number of carboxylic acids is 1. The van der Waals surface area contributed by atoms with Gasteiger partial charge in [-0.3, -0.25) is 4.84 Å². The quantitative estimate of drug-likeness (QED) is 0.799. The highest BCUT2D eigenvalue weighted by Gasteiger charge is 2.34. The van der Waals surface area contributed by atoms with E-state index in [0.717, 1.165) is 12.1 Å². The SMILES string of the molecule is O=C(O)CONS(=O)(=O)c1ccc(Cl)c(C(F)(F)F)c1. The molecule has 1 rings (SSSR count). The van der Waals surface area contributed by atoms with Gasteiger partial charge in [-0.15, -0.1) is 0 Å². The minimum Gasteiger partial charge on any atom is -0.479 e. The van der Waals surface area contributed by atoms with E-state index in [4.69, 9.17) is 16.7 Å². The van der Waals surface area contributed by atoms with Crippen LogP contribution in [0.4, 0.5) is 13.2 Å². The summed E-state index contributed by atoms with van der Waals surface area (Å²) < 4.78 is 60.8. The average molecular weight is 334 g/mol. The standard InChI is InChI=1S/C9H7ClF3NO5S/c10-7-2-1-5(3-6(7)9(11,12)13)20(17,18)14-19-4-8(15)16/h1-3,14H,4H2,(H,15,16). The van der Waals surface area contributed by atoms with E-state index in [1.807, 2.05) is 0 Å². The van der Waals surface area contributed by atoms with Crippen molar-refractivity contribution in [2.24, 2.45) is 0 Å². The van der Waals surface area contributed by atoms with E-state index in [1.54, 1.807) is 0 Å². The first kappa shape index (κ1) is 16.7. The summed E-state index contributed by atoms with van der Waals surface area (Å²) in [5.41, 5.74) is -1.33. The summed E-state index contributed by atoms with van der Waals surface area (Å²) in [6.45, 7) is -0.987. The van der Waals surface area contributed by atoms with Gasteiger partial charge in [-0.1, -0.05) is 16.5 Å². The lowest BCUT2D eigenvalue weighted by molar-refractivity contribution is -0.143. The Kier molecular flexibility index (Phi) is 4.97. The molecular weight excluding hydrogens is 327 g/mol. The van der Waals surface area contributed by atoms with Crippen LogP contribution in [0.5, 0.6) is 0 Å². The monoisotopic (exact) mass is 333 g/mol. The maximum absolute atomic E-state index is 12.6. The summed E-state index contributed by atoms with van der Waals surface area (Å²) in [5, 5.41) is 7.58. The Hall–Kier alpha value is -1.36. The molecule has 0 unspecified atom stereocenters. The molecule has 0 fully saturated rings. The zero-order valence-corrected chi connectivity index (χ0v) is 11.0. The number of aliphatic carboxylic acids is 1. The number of alkyl halides is 3. The van der Waals surface area contributed by atoms with Gasteiger partial charge in [0.25, 0.3) is 10.0 Å². The van der Waals surface area contributed by atoms with E-state index in [0.29, 0.717) is 6.07 Å². The molecule has 0 amide bonds. The van der Waals surface area contributed by atoms with Crippen LogP contribution in [0.2, 0.25) is 5.02 Å². The fraction of sp³-hybridized carbons (Fsp3) is 0.222. The molecular formula is C9H7ClF3NO5S. The molecule has 6 nitrogen and oxygen atoms in total. The summed E-state index contributed by atoms with van der Waals surface area (Å²) in [6, 6.07) is 1.90. The summed E-state index contributed by atoms with van der Waals surface area (Å²) in [7, 11) is -4.45. The summed E-state index contributed by atoms with van der Waals surface area (Å²) in [6.07, 6.45) is -4.83. The Labute approximate surface area is 116 Å². The molecule has 0 aliphatic heterocycles. The fourth-order valence-corrected chi connectivity index (χ4v) is 2.16. The summed E-state index contributed by atoms with van der Waals surface area (Å²) >= 11 is 5.33. The molecule has 0 aliphatic rings. The number of nitrogens with one attached hydrogen (secondary N) is 1. The molecule has 0 saturated carbocycles. The molecule has 0 saturated heterocycles. The van der Waals surface area contributed by atoms with Gasteiger partial charge in [-0.25, -0.2) is 13.2 Å². The van der Waals surface area contributed by atoms with E-state index in [9.17, 15) is 26.4 Å². The van der Waals surface area contributed by atoms with Crippen molar-refractivity contribution in [1.82, 2.24) is 4.89 Å². The third-order valence-corrected chi connectivity index (χ3v) is 3.46. The largest absolute Gasteiger partial charge is 0.479 e. The van der Waals surface area contributed by atoms with Crippen molar-refractivity contribution in [3.05, 3.63) is 28.8 Å². The van der Waals surface area contributed by atoms with Crippen LogP contribution in [-0.4, -0.2) is 26.1 Å². The Morgan fingerprint density at radius 3 is 2.50 bits per heavy atom. The summed E-state index contributed by atoms with van der Waals surface area (Å²) in [4.78, 5) is 14.9. The van der Waals surface area contributed by atoms with Crippen LogP contribution < -0.4 is 4.89 Å². The maximum Gasteiger partial charge on any atom is 0.417 e. The van der Waals surface area contributed by atoms with Gasteiger partial charge in [-0.2, -0.15) is 13.2 Å². The Balaban J connectivity index is 3.05. The first-order chi connectivity index (χ1) is 9.04. The molecule has 11 heteroatoms. The van der Waals surface area contributed by atoms with Gasteiger partial charge in [-0.05, 0) is 18.2 Å². The number of halogens is 4. The third kappa shape index (κ3) is 4.34. The fourth-order valence-electron chi connectivity index (χ4n) is 1.11. The number of hydrogen-bond donors (Lipinski definition) is 2. The Morgan fingerprint density at radius 1 is 1.40 bits per heavy atom. The minimum absolute atomic E-state index is 0.314. The van der Waals surface area contributed by atoms with Gasteiger partial charge in [0, 0.05) is 0 Å². The van der Waals surface area contributed by atoms with Crippen molar-refractivity contribution < 1.29 is 36.3 Å². The van der Waals surface area contributed by atoms with Crippen LogP contribution in [0.25, 0.3) is 0 Å². The zero-order valence-electron chi connectivity index (χ0n) is 9.44. The lowest BCUT2D eigenvalue weighted by atomic mass is 10.2. The molecule has 0 bridgehead atoms. The highest BCUT2D eigenvalue weighted by Crippen LogP contribution is 2.35. The highest BCUT2D eigenvalue weighted by atomic mass is 35.5.